The van der Waals surface area contributed by atoms with Crippen LogP contribution in [0.5, 0.6) is 0 Å². The maximum Gasteiger partial charge on any atom is 0.375 e. The highest BCUT2D eigenvalue weighted by atomic mass is 16.5. The molecule has 4 nitrogen and oxygen atoms in total. The number of rotatable bonds is 3. The summed E-state index contributed by atoms with van der Waals surface area (Å²) in [6.07, 6.45) is 3.33. The van der Waals surface area contributed by atoms with E-state index in [1.54, 1.807) is 0 Å². The normalized spacial score (nSPS) is 9.55. The van der Waals surface area contributed by atoms with Gasteiger partial charge >= 0.3 is 5.97 Å². The summed E-state index contributed by atoms with van der Waals surface area (Å²) >= 11 is 0. The van der Waals surface area contributed by atoms with Gasteiger partial charge in [-0.05, 0) is 6.42 Å². The average Bonchev–Trinajstić information content (AvgIpc) is 2.52. The molecular formula is C7H9NO3. The largest absolute Gasteiger partial charge is 0.460 e. The molecule has 60 valence electrons. The van der Waals surface area contributed by atoms with Gasteiger partial charge in [0.15, 0.2) is 6.39 Å². The fraction of sp³-hybridized carbons (Fsp3) is 0.429. The van der Waals surface area contributed by atoms with Gasteiger partial charge in [-0.2, -0.15) is 0 Å². The minimum absolute atomic E-state index is 0.151. The van der Waals surface area contributed by atoms with Crippen LogP contribution in [0.3, 0.4) is 0 Å². The summed E-state index contributed by atoms with van der Waals surface area (Å²) in [5.41, 5.74) is 0. The van der Waals surface area contributed by atoms with E-state index < -0.39 is 5.97 Å². The van der Waals surface area contributed by atoms with Crippen LogP contribution in [0.25, 0.3) is 0 Å². The Morgan fingerprint density at radius 3 is 3.18 bits per heavy atom. The molecule has 1 aromatic heterocycles. The zero-order valence-corrected chi connectivity index (χ0v) is 6.24. The van der Waals surface area contributed by atoms with E-state index in [9.17, 15) is 4.79 Å². The number of esters is 1. The molecule has 0 amide bonds. The van der Waals surface area contributed by atoms with Crippen molar-refractivity contribution in [1.82, 2.24) is 4.98 Å². The number of carbonyl (C=O) groups is 1. The van der Waals surface area contributed by atoms with E-state index in [0.717, 1.165) is 6.42 Å². The smallest absolute Gasteiger partial charge is 0.375 e. The van der Waals surface area contributed by atoms with Gasteiger partial charge in [0.2, 0.25) is 5.76 Å². The lowest BCUT2D eigenvalue weighted by atomic mass is 10.5. The van der Waals surface area contributed by atoms with Crippen molar-refractivity contribution in [2.75, 3.05) is 6.61 Å². The van der Waals surface area contributed by atoms with Crippen LogP contribution in [0.1, 0.15) is 23.9 Å². The van der Waals surface area contributed by atoms with Crippen molar-refractivity contribution >= 4 is 5.97 Å². The molecule has 0 aliphatic heterocycles. The van der Waals surface area contributed by atoms with Crippen LogP contribution in [0.2, 0.25) is 0 Å². The molecule has 4 heteroatoms. The van der Waals surface area contributed by atoms with Crippen molar-refractivity contribution in [2.45, 2.75) is 13.3 Å². The standard InChI is InChI=1S/C7H9NO3/c1-2-3-10-7(9)6-4-8-5-11-6/h4-5H,2-3H2,1H3. The van der Waals surface area contributed by atoms with Crippen molar-refractivity contribution in [2.24, 2.45) is 0 Å². The summed E-state index contributed by atoms with van der Waals surface area (Å²) in [5, 5.41) is 0. The Balaban J connectivity index is 2.43. The highest BCUT2D eigenvalue weighted by Gasteiger charge is 2.08. The zero-order valence-electron chi connectivity index (χ0n) is 6.24. The second-order valence-electron chi connectivity index (χ2n) is 2.00. The Bertz CT molecular complexity index is 218. The SMILES string of the molecule is CCCOC(=O)c1cnco1. The summed E-state index contributed by atoms with van der Waals surface area (Å²) in [4.78, 5) is 14.5. The van der Waals surface area contributed by atoms with Crippen molar-refractivity contribution in [1.29, 1.82) is 0 Å². The molecule has 0 fully saturated rings. The fourth-order valence-electron chi connectivity index (χ4n) is 0.582. The van der Waals surface area contributed by atoms with Crippen molar-refractivity contribution < 1.29 is 13.9 Å². The Labute approximate surface area is 64.2 Å². The number of hydrogen-bond acceptors (Lipinski definition) is 4. The lowest BCUT2D eigenvalue weighted by Gasteiger charge is -1.97. The summed E-state index contributed by atoms with van der Waals surface area (Å²) < 4.78 is 9.47. The molecule has 1 heterocycles. The molecule has 0 saturated heterocycles. The van der Waals surface area contributed by atoms with Crippen LogP contribution in [-0.2, 0) is 4.74 Å². The molecule has 0 aliphatic carbocycles. The van der Waals surface area contributed by atoms with Crippen LogP contribution < -0.4 is 0 Å². The van der Waals surface area contributed by atoms with E-state index >= 15 is 0 Å². The van der Waals surface area contributed by atoms with Gasteiger partial charge in [0.1, 0.15) is 0 Å². The van der Waals surface area contributed by atoms with E-state index in [0.29, 0.717) is 6.61 Å². The maximum atomic E-state index is 10.9. The molecule has 0 bridgehead atoms. The number of carbonyl (C=O) groups excluding carboxylic acids is 1. The summed E-state index contributed by atoms with van der Waals surface area (Å²) in [6.45, 7) is 2.34. The highest BCUT2D eigenvalue weighted by molar-refractivity contribution is 5.85. The third-order valence-corrected chi connectivity index (χ3v) is 1.07. The first-order valence-electron chi connectivity index (χ1n) is 3.40. The highest BCUT2D eigenvalue weighted by Crippen LogP contribution is 1.99. The average molecular weight is 155 g/mol. The molecule has 0 radical (unpaired) electrons. The van der Waals surface area contributed by atoms with Gasteiger partial charge < -0.3 is 9.15 Å². The van der Waals surface area contributed by atoms with Crippen LogP contribution >= 0.6 is 0 Å². The van der Waals surface area contributed by atoms with Crippen molar-refractivity contribution in [3.8, 4) is 0 Å². The molecule has 1 aromatic rings. The first kappa shape index (κ1) is 7.78. The van der Waals surface area contributed by atoms with E-state index in [1.807, 2.05) is 6.92 Å². The third kappa shape index (κ3) is 2.07. The molecule has 0 atom stereocenters. The second kappa shape index (κ2) is 3.75. The fourth-order valence-corrected chi connectivity index (χ4v) is 0.582. The summed E-state index contributed by atoms with van der Waals surface area (Å²) in [5.74, 6) is -0.303. The molecule has 0 aromatic carbocycles. The zero-order chi connectivity index (χ0) is 8.10. The van der Waals surface area contributed by atoms with Crippen molar-refractivity contribution in [3.63, 3.8) is 0 Å². The van der Waals surface area contributed by atoms with Gasteiger partial charge in [-0.3, -0.25) is 0 Å². The Hall–Kier alpha value is -1.32. The molecule has 11 heavy (non-hydrogen) atoms. The molecule has 0 aliphatic rings. The van der Waals surface area contributed by atoms with Crippen LogP contribution in [-0.4, -0.2) is 17.6 Å². The van der Waals surface area contributed by atoms with Crippen LogP contribution in [0.15, 0.2) is 17.0 Å². The first-order valence-corrected chi connectivity index (χ1v) is 3.40. The van der Waals surface area contributed by atoms with Gasteiger partial charge in [0.05, 0.1) is 12.8 Å². The van der Waals surface area contributed by atoms with Gasteiger partial charge in [0, 0.05) is 0 Å². The predicted octanol–water partition coefficient (Wildman–Crippen LogP) is 1.24. The van der Waals surface area contributed by atoms with E-state index in [2.05, 4.69) is 4.98 Å². The number of oxazole rings is 1. The molecular weight excluding hydrogens is 146 g/mol. The topological polar surface area (TPSA) is 52.3 Å². The Morgan fingerprint density at radius 2 is 2.64 bits per heavy atom. The molecule has 0 unspecified atom stereocenters. The lowest BCUT2D eigenvalue weighted by molar-refractivity contribution is 0.0469. The van der Waals surface area contributed by atoms with Gasteiger partial charge in [-0.15, -0.1) is 0 Å². The van der Waals surface area contributed by atoms with E-state index in [1.165, 1.54) is 12.6 Å². The Morgan fingerprint density at radius 1 is 1.82 bits per heavy atom. The Kier molecular flexibility index (Phi) is 2.66. The maximum absolute atomic E-state index is 10.9. The second-order valence-corrected chi connectivity index (χ2v) is 2.00. The van der Waals surface area contributed by atoms with E-state index in [4.69, 9.17) is 9.15 Å². The van der Waals surface area contributed by atoms with Crippen LogP contribution in [0, 0.1) is 0 Å². The third-order valence-electron chi connectivity index (χ3n) is 1.07. The predicted molar refractivity (Wildman–Crippen MR) is 37.1 cm³/mol. The van der Waals surface area contributed by atoms with Gasteiger partial charge in [0.25, 0.3) is 0 Å². The van der Waals surface area contributed by atoms with Gasteiger partial charge in [-0.1, -0.05) is 6.92 Å². The monoisotopic (exact) mass is 155 g/mol. The number of ether oxygens (including phenoxy) is 1. The van der Waals surface area contributed by atoms with Gasteiger partial charge in [-0.25, -0.2) is 9.78 Å². The number of hydrogen-bond donors (Lipinski definition) is 0. The molecule has 0 saturated carbocycles. The minimum atomic E-state index is -0.454. The summed E-state index contributed by atoms with van der Waals surface area (Å²) in [7, 11) is 0. The van der Waals surface area contributed by atoms with Crippen molar-refractivity contribution in [3.05, 3.63) is 18.4 Å². The molecule has 0 spiro atoms. The molecule has 1 rings (SSSR count). The minimum Gasteiger partial charge on any atom is -0.460 e. The number of nitrogens with zero attached hydrogens (tertiary/aromatic N) is 1. The molecule has 0 N–H and O–H groups in total. The number of aromatic nitrogens is 1. The van der Waals surface area contributed by atoms with Crippen LogP contribution in [0.4, 0.5) is 0 Å². The quantitative estimate of drug-likeness (QED) is 0.616. The summed E-state index contributed by atoms with van der Waals surface area (Å²) in [6, 6.07) is 0. The first-order chi connectivity index (χ1) is 5.34. The lowest BCUT2D eigenvalue weighted by Crippen LogP contribution is -2.04. The van der Waals surface area contributed by atoms with E-state index in [-0.39, 0.29) is 5.76 Å².